The number of aromatic nitrogens is 6. The van der Waals surface area contributed by atoms with Crippen molar-refractivity contribution < 1.29 is 14.3 Å². The maximum atomic E-state index is 13.5. The zero-order valence-electron chi connectivity index (χ0n) is 22.8. The largest absolute Gasteiger partial charge is 0.493 e. The number of fused-ring (bicyclic) bond motifs is 1. The summed E-state index contributed by atoms with van der Waals surface area (Å²) in [7, 11) is 5.07. The molecule has 0 atom stereocenters. The van der Waals surface area contributed by atoms with Crippen LogP contribution in [-0.2, 0) is 12.5 Å². The van der Waals surface area contributed by atoms with Gasteiger partial charge in [-0.05, 0) is 30.2 Å². The van der Waals surface area contributed by atoms with E-state index in [0.29, 0.717) is 42.6 Å². The van der Waals surface area contributed by atoms with Gasteiger partial charge in [-0.15, -0.1) is 0 Å². The van der Waals surface area contributed by atoms with Crippen molar-refractivity contribution in [1.29, 1.82) is 0 Å². The second kappa shape index (κ2) is 9.96. The molecule has 0 unspecified atom stereocenters. The van der Waals surface area contributed by atoms with Crippen LogP contribution in [0.25, 0.3) is 16.9 Å². The molecule has 5 rings (SSSR count). The SMILES string of the molecule is COc1ccc(-c2cnc3ncnn3c2N2CCCN(C(=O)c3cc(C(C)(C)C)nn3C)CC2)cc1OC. The fraction of sp³-hybridized carbons (Fsp3) is 0.444. The molecule has 1 aliphatic rings. The van der Waals surface area contributed by atoms with E-state index in [0.717, 1.165) is 35.6 Å². The Labute approximate surface area is 222 Å². The first kappa shape index (κ1) is 25.5. The van der Waals surface area contributed by atoms with Crippen LogP contribution < -0.4 is 14.4 Å². The van der Waals surface area contributed by atoms with Gasteiger partial charge in [-0.1, -0.05) is 26.8 Å². The number of ether oxygens (including phenoxy) is 2. The number of benzene rings is 1. The molecule has 0 aliphatic carbocycles. The zero-order valence-corrected chi connectivity index (χ0v) is 22.8. The van der Waals surface area contributed by atoms with Gasteiger partial charge in [0, 0.05) is 50.4 Å². The van der Waals surface area contributed by atoms with Gasteiger partial charge in [0.2, 0.25) is 0 Å². The smallest absolute Gasteiger partial charge is 0.272 e. The van der Waals surface area contributed by atoms with Crippen molar-refractivity contribution in [1.82, 2.24) is 34.3 Å². The lowest BCUT2D eigenvalue weighted by atomic mass is 9.92. The third-order valence-electron chi connectivity index (χ3n) is 6.92. The third-order valence-corrected chi connectivity index (χ3v) is 6.92. The van der Waals surface area contributed by atoms with Gasteiger partial charge in [0.05, 0.1) is 19.9 Å². The number of hydrogen-bond acceptors (Lipinski definition) is 8. The Kier molecular flexibility index (Phi) is 6.68. The highest BCUT2D eigenvalue weighted by molar-refractivity contribution is 5.93. The Morgan fingerprint density at radius 3 is 2.47 bits per heavy atom. The first-order chi connectivity index (χ1) is 18.2. The molecule has 200 valence electrons. The van der Waals surface area contributed by atoms with Gasteiger partial charge < -0.3 is 19.3 Å². The van der Waals surface area contributed by atoms with E-state index < -0.39 is 0 Å². The number of aryl methyl sites for hydroxylation is 1. The van der Waals surface area contributed by atoms with Crippen molar-refractivity contribution in [2.24, 2.45) is 7.05 Å². The molecule has 3 aromatic heterocycles. The average Bonchev–Trinajstić information content (AvgIpc) is 3.47. The van der Waals surface area contributed by atoms with E-state index in [1.165, 1.54) is 6.33 Å². The van der Waals surface area contributed by atoms with E-state index in [4.69, 9.17) is 9.47 Å². The molecule has 1 fully saturated rings. The van der Waals surface area contributed by atoms with Crippen molar-refractivity contribution in [2.45, 2.75) is 32.6 Å². The Morgan fingerprint density at radius 1 is 0.974 bits per heavy atom. The molecule has 4 heterocycles. The van der Waals surface area contributed by atoms with Crippen LogP contribution in [0.1, 0.15) is 43.4 Å². The highest BCUT2D eigenvalue weighted by Crippen LogP contribution is 2.36. The topological polar surface area (TPSA) is 103 Å². The number of carbonyl (C=O) groups is 1. The molecule has 0 N–H and O–H groups in total. The summed E-state index contributed by atoms with van der Waals surface area (Å²) < 4.78 is 14.4. The Balaban J connectivity index is 1.46. The van der Waals surface area contributed by atoms with Crippen LogP contribution in [0, 0.1) is 0 Å². The number of methoxy groups -OCH3 is 2. The fourth-order valence-corrected chi connectivity index (χ4v) is 4.81. The predicted octanol–water partition coefficient (Wildman–Crippen LogP) is 3.19. The molecule has 1 aliphatic heterocycles. The van der Waals surface area contributed by atoms with Crippen LogP contribution in [0.4, 0.5) is 5.82 Å². The maximum absolute atomic E-state index is 13.5. The fourth-order valence-electron chi connectivity index (χ4n) is 4.81. The predicted molar refractivity (Wildman–Crippen MR) is 144 cm³/mol. The van der Waals surface area contributed by atoms with E-state index >= 15 is 0 Å². The molecular weight excluding hydrogens is 484 g/mol. The van der Waals surface area contributed by atoms with E-state index in [1.54, 1.807) is 23.4 Å². The van der Waals surface area contributed by atoms with Crippen LogP contribution in [-0.4, -0.2) is 80.6 Å². The molecule has 38 heavy (non-hydrogen) atoms. The van der Waals surface area contributed by atoms with Crippen molar-refractivity contribution >= 4 is 17.5 Å². The van der Waals surface area contributed by atoms with Crippen LogP contribution in [0.3, 0.4) is 0 Å². The average molecular weight is 519 g/mol. The summed E-state index contributed by atoms with van der Waals surface area (Å²) >= 11 is 0. The molecular formula is C27H34N8O3. The highest BCUT2D eigenvalue weighted by Gasteiger charge is 2.28. The summed E-state index contributed by atoms with van der Waals surface area (Å²) in [6.07, 6.45) is 4.13. The highest BCUT2D eigenvalue weighted by atomic mass is 16.5. The van der Waals surface area contributed by atoms with Gasteiger partial charge in [-0.2, -0.15) is 19.7 Å². The second-order valence-corrected chi connectivity index (χ2v) is 10.5. The lowest BCUT2D eigenvalue weighted by molar-refractivity contribution is 0.0756. The van der Waals surface area contributed by atoms with Gasteiger partial charge in [-0.3, -0.25) is 9.48 Å². The number of nitrogens with zero attached hydrogens (tertiary/aromatic N) is 8. The standard InChI is InChI=1S/C27H34N8O3/c1-27(2,3)23-15-20(32(4)31-23)25(36)34-11-7-10-33(12-13-34)24-19(16-28-26-29-17-30-35(24)26)18-8-9-21(37-5)22(14-18)38-6/h8-9,14-17H,7,10-13H2,1-6H3. The minimum atomic E-state index is -0.128. The summed E-state index contributed by atoms with van der Waals surface area (Å²) in [6.45, 7) is 8.91. The molecule has 1 aromatic carbocycles. The molecule has 1 saturated heterocycles. The van der Waals surface area contributed by atoms with E-state index in [2.05, 4.69) is 45.8 Å². The third kappa shape index (κ3) is 4.64. The summed E-state index contributed by atoms with van der Waals surface area (Å²) in [5.74, 6) is 2.68. The van der Waals surface area contributed by atoms with Crippen molar-refractivity contribution in [2.75, 3.05) is 45.3 Å². The van der Waals surface area contributed by atoms with Crippen LogP contribution in [0.15, 0.2) is 36.8 Å². The van der Waals surface area contributed by atoms with Crippen molar-refractivity contribution in [3.05, 3.63) is 48.2 Å². The minimum absolute atomic E-state index is 0.00176. The summed E-state index contributed by atoms with van der Waals surface area (Å²) in [5.41, 5.74) is 3.20. The first-order valence-corrected chi connectivity index (χ1v) is 12.7. The van der Waals surface area contributed by atoms with Gasteiger partial charge in [0.25, 0.3) is 11.7 Å². The van der Waals surface area contributed by atoms with Crippen LogP contribution in [0.2, 0.25) is 0 Å². The van der Waals surface area contributed by atoms with Crippen LogP contribution in [0.5, 0.6) is 11.5 Å². The zero-order chi connectivity index (χ0) is 27.0. The van der Waals surface area contributed by atoms with Crippen molar-refractivity contribution in [3.8, 4) is 22.6 Å². The second-order valence-electron chi connectivity index (χ2n) is 10.5. The van der Waals surface area contributed by atoms with Crippen molar-refractivity contribution in [3.63, 3.8) is 0 Å². The summed E-state index contributed by atoms with van der Waals surface area (Å²) in [4.78, 5) is 26.5. The monoisotopic (exact) mass is 518 g/mol. The quantitative estimate of drug-likeness (QED) is 0.397. The minimum Gasteiger partial charge on any atom is -0.493 e. The molecule has 0 radical (unpaired) electrons. The normalized spacial score (nSPS) is 14.6. The summed E-state index contributed by atoms with van der Waals surface area (Å²) in [5, 5.41) is 9.08. The van der Waals surface area contributed by atoms with Crippen LogP contribution >= 0.6 is 0 Å². The van der Waals surface area contributed by atoms with E-state index in [1.807, 2.05) is 42.4 Å². The molecule has 4 aromatic rings. The van der Waals surface area contributed by atoms with Gasteiger partial charge in [-0.25, -0.2) is 4.98 Å². The van der Waals surface area contributed by atoms with Gasteiger partial charge in [0.1, 0.15) is 17.8 Å². The number of rotatable bonds is 5. The maximum Gasteiger partial charge on any atom is 0.272 e. The van der Waals surface area contributed by atoms with Gasteiger partial charge in [0.15, 0.2) is 11.5 Å². The molecule has 1 amide bonds. The molecule has 0 bridgehead atoms. The lowest BCUT2D eigenvalue weighted by Gasteiger charge is -2.26. The first-order valence-electron chi connectivity index (χ1n) is 12.7. The molecule has 11 nitrogen and oxygen atoms in total. The number of hydrogen-bond donors (Lipinski definition) is 0. The number of carbonyl (C=O) groups excluding carboxylic acids is 1. The lowest BCUT2D eigenvalue weighted by Crippen LogP contribution is -2.36. The van der Waals surface area contributed by atoms with E-state index in [-0.39, 0.29) is 11.3 Å². The molecule has 0 spiro atoms. The van der Waals surface area contributed by atoms with Gasteiger partial charge >= 0.3 is 0 Å². The Morgan fingerprint density at radius 2 is 1.76 bits per heavy atom. The molecule has 0 saturated carbocycles. The van der Waals surface area contributed by atoms with E-state index in [9.17, 15) is 4.79 Å². The number of amides is 1. The summed E-state index contributed by atoms with van der Waals surface area (Å²) in [6, 6.07) is 7.71. The molecule has 11 heteroatoms. The number of anilines is 1. The Bertz CT molecular complexity index is 1470. The Hall–Kier alpha value is -4.15.